The van der Waals surface area contributed by atoms with Crippen molar-refractivity contribution < 1.29 is 9.53 Å². The summed E-state index contributed by atoms with van der Waals surface area (Å²) in [6.45, 7) is 7.02. The van der Waals surface area contributed by atoms with Crippen LogP contribution in [0.25, 0.3) is 0 Å². The number of aromatic nitrogens is 1. The molecule has 1 aliphatic rings. The molecule has 6 heteroatoms. The van der Waals surface area contributed by atoms with Gasteiger partial charge in [0.1, 0.15) is 4.88 Å². The SMILES string of the molecule is Cc1nc(N)sc1C(=O)N1C[C@@H](C)O[C@@H](C)C1. The van der Waals surface area contributed by atoms with Gasteiger partial charge in [-0.05, 0) is 20.8 Å². The molecule has 1 amide bonds. The molecule has 5 nitrogen and oxygen atoms in total. The molecule has 0 radical (unpaired) electrons. The molecule has 2 N–H and O–H groups in total. The second-order valence-corrected chi connectivity index (χ2v) is 5.46. The highest BCUT2D eigenvalue weighted by atomic mass is 32.1. The Morgan fingerprint density at radius 1 is 1.47 bits per heavy atom. The van der Waals surface area contributed by atoms with E-state index in [2.05, 4.69) is 4.98 Å². The number of thiazole rings is 1. The van der Waals surface area contributed by atoms with Gasteiger partial charge in [-0.15, -0.1) is 0 Å². The number of aryl methyl sites for hydroxylation is 1. The molecule has 0 saturated carbocycles. The summed E-state index contributed by atoms with van der Waals surface area (Å²) in [5.74, 6) is 0.0127. The predicted octanol–water partition coefficient (Wildman–Crippen LogP) is 1.28. The van der Waals surface area contributed by atoms with Crippen LogP contribution in [0.15, 0.2) is 0 Å². The summed E-state index contributed by atoms with van der Waals surface area (Å²) in [4.78, 5) is 18.9. The maximum Gasteiger partial charge on any atom is 0.266 e. The summed E-state index contributed by atoms with van der Waals surface area (Å²) in [5.41, 5.74) is 6.33. The standard InChI is InChI=1S/C11H17N3O2S/c1-6-4-14(5-7(2)16-6)10(15)9-8(3)13-11(12)17-9/h6-7H,4-5H2,1-3H3,(H2,12,13)/t6-,7+. The van der Waals surface area contributed by atoms with Crippen LogP contribution < -0.4 is 5.73 Å². The van der Waals surface area contributed by atoms with Gasteiger partial charge in [0.15, 0.2) is 5.13 Å². The molecule has 1 aliphatic heterocycles. The maximum absolute atomic E-state index is 12.3. The van der Waals surface area contributed by atoms with Crippen molar-refractivity contribution in [1.82, 2.24) is 9.88 Å². The number of nitrogens with zero attached hydrogens (tertiary/aromatic N) is 2. The number of carbonyl (C=O) groups is 1. The van der Waals surface area contributed by atoms with Gasteiger partial charge in [-0.2, -0.15) is 0 Å². The van der Waals surface area contributed by atoms with E-state index in [4.69, 9.17) is 10.5 Å². The van der Waals surface area contributed by atoms with Crippen molar-refractivity contribution in [2.45, 2.75) is 33.0 Å². The third-order valence-electron chi connectivity index (χ3n) is 2.71. The molecule has 0 bridgehead atoms. The van der Waals surface area contributed by atoms with Gasteiger partial charge in [-0.1, -0.05) is 11.3 Å². The summed E-state index contributed by atoms with van der Waals surface area (Å²) >= 11 is 1.25. The fourth-order valence-corrected chi connectivity index (χ4v) is 2.90. The first-order chi connectivity index (χ1) is 7.97. The number of hydrogen-bond donors (Lipinski definition) is 1. The number of ether oxygens (including phenoxy) is 1. The van der Waals surface area contributed by atoms with E-state index in [1.807, 2.05) is 25.7 Å². The molecule has 1 aromatic heterocycles. The Hall–Kier alpha value is -1.14. The Morgan fingerprint density at radius 2 is 2.06 bits per heavy atom. The topological polar surface area (TPSA) is 68.5 Å². The Balaban J connectivity index is 2.17. The number of carbonyl (C=O) groups excluding carboxylic acids is 1. The van der Waals surface area contributed by atoms with Crippen LogP contribution in [0, 0.1) is 6.92 Å². The van der Waals surface area contributed by atoms with Gasteiger partial charge >= 0.3 is 0 Å². The number of rotatable bonds is 1. The Morgan fingerprint density at radius 3 is 2.53 bits per heavy atom. The van der Waals surface area contributed by atoms with Crippen LogP contribution in [0.5, 0.6) is 0 Å². The number of hydrogen-bond acceptors (Lipinski definition) is 5. The molecule has 2 atom stereocenters. The first-order valence-electron chi connectivity index (χ1n) is 5.65. The summed E-state index contributed by atoms with van der Waals surface area (Å²) in [6.07, 6.45) is 0.154. The molecule has 0 spiro atoms. The molecule has 17 heavy (non-hydrogen) atoms. The molecule has 1 fully saturated rings. The fraction of sp³-hybridized carbons (Fsp3) is 0.636. The molecule has 2 rings (SSSR count). The van der Waals surface area contributed by atoms with Gasteiger partial charge in [0.2, 0.25) is 0 Å². The van der Waals surface area contributed by atoms with Crippen LogP contribution in [-0.4, -0.2) is 41.1 Å². The van der Waals surface area contributed by atoms with Gasteiger partial charge in [-0.25, -0.2) is 4.98 Å². The maximum atomic E-state index is 12.3. The minimum Gasteiger partial charge on any atom is -0.375 e. The highest BCUT2D eigenvalue weighted by Gasteiger charge is 2.28. The lowest BCUT2D eigenvalue weighted by Gasteiger charge is -2.35. The first-order valence-corrected chi connectivity index (χ1v) is 6.46. The average Bonchev–Trinajstić information content (AvgIpc) is 2.55. The van der Waals surface area contributed by atoms with E-state index in [0.29, 0.717) is 28.8 Å². The molecule has 2 heterocycles. The quantitative estimate of drug-likeness (QED) is 0.821. The van der Waals surface area contributed by atoms with E-state index < -0.39 is 0 Å². The van der Waals surface area contributed by atoms with Gasteiger partial charge in [0.25, 0.3) is 5.91 Å². The minimum atomic E-state index is 0.0127. The molecule has 0 aliphatic carbocycles. The van der Waals surface area contributed by atoms with Crippen LogP contribution in [0.1, 0.15) is 29.2 Å². The minimum absolute atomic E-state index is 0.0127. The van der Waals surface area contributed by atoms with E-state index in [1.165, 1.54) is 11.3 Å². The highest BCUT2D eigenvalue weighted by molar-refractivity contribution is 7.17. The van der Waals surface area contributed by atoms with Gasteiger partial charge in [-0.3, -0.25) is 4.79 Å². The van der Waals surface area contributed by atoms with Gasteiger partial charge < -0.3 is 15.4 Å². The lowest BCUT2D eigenvalue weighted by atomic mass is 10.2. The normalized spacial score (nSPS) is 25.0. The predicted molar refractivity (Wildman–Crippen MR) is 67.2 cm³/mol. The van der Waals surface area contributed by atoms with Crippen molar-refractivity contribution in [3.05, 3.63) is 10.6 Å². The zero-order valence-corrected chi connectivity index (χ0v) is 11.1. The average molecular weight is 255 g/mol. The largest absolute Gasteiger partial charge is 0.375 e. The Labute approximate surface area is 105 Å². The zero-order valence-electron chi connectivity index (χ0n) is 10.3. The number of nitrogens with two attached hydrogens (primary N) is 1. The second-order valence-electron chi connectivity index (χ2n) is 4.43. The summed E-state index contributed by atoms with van der Waals surface area (Å²) in [5, 5.41) is 0.445. The molecule has 0 unspecified atom stereocenters. The smallest absolute Gasteiger partial charge is 0.266 e. The van der Waals surface area contributed by atoms with E-state index in [1.54, 1.807) is 0 Å². The molecule has 94 valence electrons. The van der Waals surface area contributed by atoms with Crippen molar-refractivity contribution in [3.63, 3.8) is 0 Å². The number of amides is 1. The molecule has 1 aromatic rings. The lowest BCUT2D eigenvalue weighted by Crippen LogP contribution is -2.48. The molecular formula is C11H17N3O2S. The second kappa shape index (κ2) is 4.62. The monoisotopic (exact) mass is 255 g/mol. The van der Waals surface area contributed by atoms with Crippen LogP contribution >= 0.6 is 11.3 Å². The van der Waals surface area contributed by atoms with Crippen LogP contribution in [0.3, 0.4) is 0 Å². The van der Waals surface area contributed by atoms with Crippen molar-refractivity contribution in [3.8, 4) is 0 Å². The number of morpholine rings is 1. The van der Waals surface area contributed by atoms with Crippen molar-refractivity contribution >= 4 is 22.4 Å². The molecule has 0 aromatic carbocycles. The van der Waals surface area contributed by atoms with Crippen molar-refractivity contribution in [2.75, 3.05) is 18.8 Å². The van der Waals surface area contributed by atoms with E-state index in [9.17, 15) is 4.79 Å². The number of nitrogen functional groups attached to an aromatic ring is 1. The van der Waals surface area contributed by atoms with Crippen LogP contribution in [0.4, 0.5) is 5.13 Å². The van der Waals surface area contributed by atoms with Gasteiger partial charge in [0, 0.05) is 13.1 Å². The lowest BCUT2D eigenvalue weighted by molar-refractivity contribution is -0.0585. The Kier molecular flexibility index (Phi) is 3.35. The number of anilines is 1. The Bertz CT molecular complexity index is 422. The summed E-state index contributed by atoms with van der Waals surface area (Å²) < 4.78 is 5.61. The fourth-order valence-electron chi connectivity index (χ4n) is 2.10. The third-order valence-corrected chi connectivity index (χ3v) is 3.69. The summed E-state index contributed by atoms with van der Waals surface area (Å²) in [7, 11) is 0. The highest BCUT2D eigenvalue weighted by Crippen LogP contribution is 2.23. The van der Waals surface area contributed by atoms with Crippen LogP contribution in [0.2, 0.25) is 0 Å². The third kappa shape index (κ3) is 2.58. The van der Waals surface area contributed by atoms with Crippen molar-refractivity contribution in [2.24, 2.45) is 0 Å². The van der Waals surface area contributed by atoms with E-state index in [0.717, 1.165) is 0 Å². The molecule has 1 saturated heterocycles. The van der Waals surface area contributed by atoms with E-state index >= 15 is 0 Å². The first kappa shape index (κ1) is 12.3. The molecular weight excluding hydrogens is 238 g/mol. The van der Waals surface area contributed by atoms with Gasteiger partial charge in [0.05, 0.1) is 17.9 Å². The van der Waals surface area contributed by atoms with Crippen molar-refractivity contribution in [1.29, 1.82) is 0 Å². The van der Waals surface area contributed by atoms with E-state index in [-0.39, 0.29) is 18.1 Å². The summed E-state index contributed by atoms with van der Waals surface area (Å²) in [6, 6.07) is 0. The zero-order chi connectivity index (χ0) is 12.6. The van der Waals surface area contributed by atoms with Crippen LogP contribution in [-0.2, 0) is 4.74 Å².